The summed E-state index contributed by atoms with van der Waals surface area (Å²) in [5.74, 6) is 0.269. The first-order valence-electron chi connectivity index (χ1n) is 10.1. The van der Waals surface area contributed by atoms with Gasteiger partial charge in [-0.15, -0.1) is 0 Å². The molecule has 0 aliphatic rings. The van der Waals surface area contributed by atoms with Crippen LogP contribution in [-0.4, -0.2) is 33.3 Å². The molecule has 1 aromatic heterocycles. The Morgan fingerprint density at radius 1 is 0.667 bits per heavy atom. The van der Waals surface area contributed by atoms with E-state index in [9.17, 15) is 16.8 Å². The van der Waals surface area contributed by atoms with Gasteiger partial charge in [-0.2, -0.15) is 0 Å². The maximum absolute atomic E-state index is 11.6. The van der Waals surface area contributed by atoms with Crippen LogP contribution >= 0.6 is 0 Å². The van der Waals surface area contributed by atoms with Gasteiger partial charge in [0.05, 0.1) is 21.3 Å². The second kappa shape index (κ2) is 9.60. The molecule has 0 N–H and O–H groups in total. The third kappa shape index (κ3) is 7.20. The van der Waals surface area contributed by atoms with E-state index < -0.39 is 19.7 Å². The van der Waals surface area contributed by atoms with Crippen molar-refractivity contribution in [2.75, 3.05) is 11.5 Å². The maximum atomic E-state index is 11.6. The first-order valence-corrected chi connectivity index (χ1v) is 13.4. The maximum Gasteiger partial charge on any atom is 0.179 e. The summed E-state index contributed by atoms with van der Waals surface area (Å²) >= 11 is 0. The van der Waals surface area contributed by atoms with Crippen molar-refractivity contribution < 1.29 is 16.8 Å². The lowest BCUT2D eigenvalue weighted by molar-refractivity contribution is 0.565. The summed E-state index contributed by atoms with van der Waals surface area (Å²) in [6.45, 7) is 15.7. The topological polar surface area (TPSA) is 81.2 Å². The summed E-state index contributed by atoms with van der Waals surface area (Å²) in [4.78, 5) is 4.90. The number of aromatic nitrogens is 1. The van der Waals surface area contributed by atoms with Gasteiger partial charge in [0.2, 0.25) is 0 Å². The fraction of sp³-hybridized carbons (Fsp3) is 0.522. The smallest absolute Gasteiger partial charge is 0.179 e. The average molecular weight is 454 g/mol. The van der Waals surface area contributed by atoms with Crippen LogP contribution in [-0.2, 0) is 30.5 Å². The molecule has 0 aliphatic carbocycles. The number of hydrogen-bond acceptors (Lipinski definition) is 5. The monoisotopic (exact) mass is 453 g/mol. The minimum absolute atomic E-state index is 0.0471. The Morgan fingerprint density at radius 2 is 1.10 bits per heavy atom. The van der Waals surface area contributed by atoms with Gasteiger partial charge in [-0.3, -0.25) is 4.98 Å². The van der Waals surface area contributed by atoms with E-state index in [-0.39, 0.29) is 22.3 Å². The molecule has 0 aliphatic heterocycles. The molecular weight excluding hydrogens is 418 g/mol. The highest BCUT2D eigenvalue weighted by molar-refractivity contribution is 7.91. The highest BCUT2D eigenvalue weighted by atomic mass is 32.2. The Kier molecular flexibility index (Phi) is 8.42. The van der Waals surface area contributed by atoms with Crippen LogP contribution in [0.4, 0.5) is 0 Å². The van der Waals surface area contributed by atoms with E-state index in [0.29, 0.717) is 9.79 Å². The molecule has 168 valence electrons. The Labute approximate surface area is 182 Å². The number of nitrogens with zero attached hydrogens (tertiary/aromatic N) is 1. The van der Waals surface area contributed by atoms with E-state index in [2.05, 4.69) is 25.8 Å². The van der Waals surface area contributed by atoms with Crippen molar-refractivity contribution in [2.24, 2.45) is 0 Å². The Morgan fingerprint density at radius 3 is 1.43 bits per heavy atom. The molecule has 30 heavy (non-hydrogen) atoms. The molecule has 1 heterocycles. The summed E-state index contributed by atoms with van der Waals surface area (Å²) < 4.78 is 46.2. The van der Waals surface area contributed by atoms with Crippen LogP contribution in [0.1, 0.15) is 66.6 Å². The quantitative estimate of drug-likeness (QED) is 0.654. The van der Waals surface area contributed by atoms with Crippen LogP contribution in [0.5, 0.6) is 0 Å². The molecule has 0 bridgehead atoms. The Balaban J connectivity index is 0.000000300. The lowest BCUT2D eigenvalue weighted by Crippen LogP contribution is -2.14. The van der Waals surface area contributed by atoms with Gasteiger partial charge in [0.15, 0.2) is 19.7 Å². The third-order valence-corrected chi connectivity index (χ3v) is 8.17. The van der Waals surface area contributed by atoms with Gasteiger partial charge >= 0.3 is 0 Å². The zero-order valence-corrected chi connectivity index (χ0v) is 21.0. The number of rotatable bonds is 4. The van der Waals surface area contributed by atoms with Crippen molar-refractivity contribution in [3.05, 3.63) is 53.9 Å². The Bertz CT molecular complexity index is 937. The van der Waals surface area contributed by atoms with Gasteiger partial charge in [0.25, 0.3) is 0 Å². The van der Waals surface area contributed by atoms with Gasteiger partial charge in [0.1, 0.15) is 0 Å². The lowest BCUT2D eigenvalue weighted by Gasteiger charge is -2.19. The number of pyridine rings is 1. The van der Waals surface area contributed by atoms with Crippen LogP contribution in [0.25, 0.3) is 0 Å². The molecule has 0 saturated heterocycles. The number of hydrogen-bond donors (Lipinski definition) is 0. The van der Waals surface area contributed by atoms with Crippen molar-refractivity contribution >= 4 is 19.7 Å². The molecule has 0 radical (unpaired) electrons. The molecule has 0 amide bonds. The van der Waals surface area contributed by atoms with Crippen LogP contribution in [0.15, 0.2) is 52.4 Å². The molecule has 0 spiro atoms. The van der Waals surface area contributed by atoms with Crippen molar-refractivity contribution in [3.8, 4) is 0 Å². The highest BCUT2D eigenvalue weighted by Gasteiger charge is 2.18. The van der Waals surface area contributed by atoms with E-state index in [4.69, 9.17) is 0 Å². The normalized spacial score (nSPS) is 12.8. The van der Waals surface area contributed by atoms with E-state index in [1.54, 1.807) is 38.1 Å². The summed E-state index contributed by atoms with van der Waals surface area (Å²) in [5.41, 5.74) is 2.07. The SMILES string of the molecule is CCS(=O)(=O)c1ccc(C(C)(C)C)cc1.CCS(=O)(=O)c1ccc(C(C)(C)C)nc1. The van der Waals surface area contributed by atoms with E-state index in [1.165, 1.54) is 6.20 Å². The molecule has 0 atom stereocenters. The van der Waals surface area contributed by atoms with Crippen molar-refractivity contribution in [1.29, 1.82) is 0 Å². The first kappa shape index (κ1) is 26.3. The molecule has 0 fully saturated rings. The molecule has 2 rings (SSSR count). The second-order valence-corrected chi connectivity index (χ2v) is 13.8. The minimum Gasteiger partial charge on any atom is -0.259 e. The largest absolute Gasteiger partial charge is 0.259 e. The number of benzene rings is 1. The summed E-state index contributed by atoms with van der Waals surface area (Å²) in [5, 5.41) is 0. The zero-order valence-electron chi connectivity index (χ0n) is 19.4. The summed E-state index contributed by atoms with van der Waals surface area (Å²) in [6.07, 6.45) is 1.44. The Hall–Kier alpha value is -1.73. The van der Waals surface area contributed by atoms with Crippen LogP contribution in [0, 0.1) is 0 Å². The van der Waals surface area contributed by atoms with E-state index in [0.717, 1.165) is 11.3 Å². The zero-order chi connectivity index (χ0) is 23.4. The fourth-order valence-corrected chi connectivity index (χ4v) is 4.21. The molecule has 5 nitrogen and oxygen atoms in total. The average Bonchev–Trinajstić information content (AvgIpc) is 2.67. The molecule has 1 aromatic carbocycles. The molecule has 2 aromatic rings. The van der Waals surface area contributed by atoms with Gasteiger partial charge < -0.3 is 0 Å². The summed E-state index contributed by atoms with van der Waals surface area (Å²) in [6, 6.07) is 10.6. The third-order valence-electron chi connectivity index (χ3n) is 4.70. The minimum atomic E-state index is -3.12. The van der Waals surface area contributed by atoms with Crippen molar-refractivity contribution in [3.63, 3.8) is 0 Å². The molecule has 7 heteroatoms. The van der Waals surface area contributed by atoms with Crippen LogP contribution in [0.2, 0.25) is 0 Å². The standard InChI is InChI=1S/C12H18O2S.C11H17NO2S/c1-5-15(13,14)11-8-6-10(7-9-11)12(2,3)4;1-5-15(13,14)9-6-7-10(12-8-9)11(2,3)4/h6-9H,5H2,1-4H3;6-8H,5H2,1-4H3. The van der Waals surface area contributed by atoms with E-state index >= 15 is 0 Å². The second-order valence-electron chi connectivity index (χ2n) is 9.21. The van der Waals surface area contributed by atoms with Gasteiger partial charge in [-0.25, -0.2) is 16.8 Å². The molecular formula is C23H35NO4S2. The van der Waals surface area contributed by atoms with Crippen molar-refractivity contribution in [1.82, 2.24) is 4.98 Å². The van der Waals surface area contributed by atoms with E-state index in [1.807, 2.05) is 32.9 Å². The van der Waals surface area contributed by atoms with Gasteiger partial charge in [-0.05, 0) is 35.2 Å². The predicted molar refractivity (Wildman–Crippen MR) is 124 cm³/mol. The lowest BCUT2D eigenvalue weighted by atomic mass is 9.87. The highest BCUT2D eigenvalue weighted by Crippen LogP contribution is 2.24. The summed E-state index contributed by atoms with van der Waals surface area (Å²) in [7, 11) is -6.18. The van der Waals surface area contributed by atoms with Gasteiger partial charge in [-0.1, -0.05) is 67.5 Å². The predicted octanol–water partition coefficient (Wildman–Crippen LogP) is 4.95. The fourth-order valence-electron chi connectivity index (χ4n) is 2.50. The van der Waals surface area contributed by atoms with Crippen molar-refractivity contribution in [2.45, 2.75) is 76.0 Å². The van der Waals surface area contributed by atoms with Gasteiger partial charge in [0, 0.05) is 17.3 Å². The molecule has 0 unspecified atom stereocenters. The van der Waals surface area contributed by atoms with Crippen LogP contribution in [0.3, 0.4) is 0 Å². The van der Waals surface area contributed by atoms with Crippen LogP contribution < -0.4 is 0 Å². The first-order chi connectivity index (χ1) is 13.5. The molecule has 0 saturated carbocycles. The number of sulfone groups is 2.